The monoisotopic (exact) mass is 699 g/mol. The normalized spacial score (nSPS) is 29.0. The van der Waals surface area contributed by atoms with E-state index < -0.39 is 58.7 Å². The Morgan fingerprint density at radius 1 is 1.20 bits per heavy atom. The fraction of sp³-hybridized carbons (Fsp3) is 0.630. The molecule has 1 saturated heterocycles. The van der Waals surface area contributed by atoms with E-state index in [2.05, 4.69) is 47.6 Å². The molecule has 1 aromatic rings. The van der Waals surface area contributed by atoms with E-state index in [0.29, 0.717) is 17.3 Å². The highest BCUT2D eigenvalue weighted by atomic mass is 79.9. The van der Waals surface area contributed by atoms with E-state index >= 15 is 0 Å². The van der Waals surface area contributed by atoms with Gasteiger partial charge in [0.15, 0.2) is 0 Å². The molecular weight excluding hydrogens is 666 g/mol. The molecule has 1 saturated carbocycles. The number of halogens is 2. The molecule has 3 heterocycles. The van der Waals surface area contributed by atoms with Crippen molar-refractivity contribution in [3.05, 3.63) is 37.6 Å². The average molecular weight is 701 g/mol. The summed E-state index contributed by atoms with van der Waals surface area (Å²) in [6.07, 6.45) is 8.04. The highest BCUT2D eigenvalue weighted by molar-refractivity contribution is 9.13. The lowest BCUT2D eigenvalue weighted by Gasteiger charge is -2.30. The van der Waals surface area contributed by atoms with Crippen molar-refractivity contribution in [1.29, 1.82) is 0 Å². The van der Waals surface area contributed by atoms with Crippen LogP contribution in [0.2, 0.25) is 0 Å². The topological polar surface area (TPSA) is 160 Å². The van der Waals surface area contributed by atoms with Crippen molar-refractivity contribution in [2.24, 2.45) is 5.92 Å². The standard InChI is InChI=1S/C27H35Br2N5O7/c1-26(2,3)41-25(40)31-18-10-8-6-4-5-7-9-15-12-27(15,24(38)39)32-21(35)19-11-16(14-33(19)22(18)36)34-23(37)20(29)17(28)13-30-34/h7,9,13,15-16,18-19H,4-6,8,10-12,14H2,1-3H3,(H,31,40)(H,32,35)(H,38,39)/t15-,16-,18+,19+,27-/m1/s1. The van der Waals surface area contributed by atoms with Gasteiger partial charge in [0.05, 0.1) is 16.7 Å². The molecule has 12 nitrogen and oxygen atoms in total. The SMILES string of the molecule is CC(C)(C)OC(=O)N[C@H]1CCCCCC=C[C@@H]2C[C@@]2(C(=O)O)NC(=O)[C@@H]2C[C@@H](n3ncc(Br)c(Br)c3=O)CN2C1=O. The van der Waals surface area contributed by atoms with E-state index in [9.17, 15) is 29.1 Å². The maximum Gasteiger partial charge on any atom is 0.408 e. The minimum absolute atomic E-state index is 0.0339. The Labute approximate surface area is 254 Å². The Morgan fingerprint density at radius 2 is 1.93 bits per heavy atom. The van der Waals surface area contributed by atoms with Gasteiger partial charge in [0.1, 0.15) is 27.7 Å². The number of fused-ring (bicyclic) bond motifs is 2. The minimum Gasteiger partial charge on any atom is -0.479 e. The van der Waals surface area contributed by atoms with E-state index in [4.69, 9.17) is 4.74 Å². The number of carboxylic acid groups (broad SMARTS) is 1. The van der Waals surface area contributed by atoms with E-state index in [-0.39, 0.29) is 29.8 Å². The van der Waals surface area contributed by atoms with Gasteiger partial charge in [-0.25, -0.2) is 14.3 Å². The van der Waals surface area contributed by atoms with Crippen LogP contribution in [0.15, 0.2) is 32.1 Å². The van der Waals surface area contributed by atoms with Gasteiger partial charge in [-0.15, -0.1) is 0 Å². The summed E-state index contributed by atoms with van der Waals surface area (Å²) in [5, 5.41) is 19.6. The van der Waals surface area contributed by atoms with Crippen molar-refractivity contribution in [1.82, 2.24) is 25.3 Å². The molecule has 1 aromatic heterocycles. The van der Waals surface area contributed by atoms with E-state index in [1.807, 2.05) is 12.2 Å². The first kappa shape index (κ1) is 31.2. The van der Waals surface area contributed by atoms with Crippen LogP contribution in [0, 0.1) is 5.92 Å². The fourth-order valence-corrected chi connectivity index (χ4v) is 5.93. The first-order valence-electron chi connectivity index (χ1n) is 13.7. The first-order valence-corrected chi connectivity index (χ1v) is 15.3. The van der Waals surface area contributed by atoms with Crippen LogP contribution in [-0.2, 0) is 19.1 Å². The van der Waals surface area contributed by atoms with Gasteiger partial charge in [0.25, 0.3) is 5.56 Å². The number of carbonyl (C=O) groups is 4. The summed E-state index contributed by atoms with van der Waals surface area (Å²) in [5.74, 6) is -2.64. The fourth-order valence-electron chi connectivity index (χ4n) is 5.39. The van der Waals surface area contributed by atoms with Gasteiger partial charge in [-0.05, 0) is 78.3 Å². The molecule has 5 atom stereocenters. The zero-order valence-electron chi connectivity index (χ0n) is 23.2. The minimum atomic E-state index is -1.45. The number of hydrogen-bond acceptors (Lipinski definition) is 7. The summed E-state index contributed by atoms with van der Waals surface area (Å²) in [7, 11) is 0. The van der Waals surface area contributed by atoms with Crippen LogP contribution in [0.25, 0.3) is 0 Å². The van der Waals surface area contributed by atoms with Crippen molar-refractivity contribution in [2.75, 3.05) is 6.54 Å². The molecule has 0 radical (unpaired) electrons. The number of nitrogens with zero attached hydrogens (tertiary/aromatic N) is 3. The highest BCUT2D eigenvalue weighted by Crippen LogP contribution is 2.45. The van der Waals surface area contributed by atoms with Gasteiger partial charge in [-0.2, -0.15) is 5.10 Å². The number of alkyl carbamates (subject to hydrolysis) is 1. The number of carbonyl (C=O) groups excluding carboxylic acids is 3. The zero-order chi connectivity index (χ0) is 30.1. The van der Waals surface area contributed by atoms with Gasteiger partial charge < -0.3 is 25.4 Å². The Balaban J connectivity index is 1.69. The molecule has 4 rings (SSSR count). The molecule has 41 heavy (non-hydrogen) atoms. The predicted molar refractivity (Wildman–Crippen MR) is 155 cm³/mol. The molecule has 0 spiro atoms. The number of carboxylic acids is 1. The molecule has 2 fully saturated rings. The molecule has 3 amide bonds. The lowest BCUT2D eigenvalue weighted by molar-refractivity contribution is -0.145. The zero-order valence-corrected chi connectivity index (χ0v) is 26.4. The first-order chi connectivity index (χ1) is 19.2. The highest BCUT2D eigenvalue weighted by Gasteiger charge is 2.61. The second-order valence-electron chi connectivity index (χ2n) is 11.8. The number of nitrogens with one attached hydrogen (secondary N) is 2. The number of amides is 3. The number of allylic oxidation sites excluding steroid dienone is 1. The molecule has 0 aromatic carbocycles. The van der Waals surface area contributed by atoms with Gasteiger partial charge >= 0.3 is 12.1 Å². The summed E-state index contributed by atoms with van der Waals surface area (Å²) in [5.41, 5.74) is -2.68. The molecule has 3 N–H and O–H groups in total. The molecular formula is C27H35Br2N5O7. The van der Waals surface area contributed by atoms with Crippen molar-refractivity contribution in [3.63, 3.8) is 0 Å². The summed E-state index contributed by atoms with van der Waals surface area (Å²) >= 11 is 6.50. The maximum absolute atomic E-state index is 14.0. The van der Waals surface area contributed by atoms with Gasteiger partial charge in [0, 0.05) is 18.9 Å². The largest absolute Gasteiger partial charge is 0.479 e. The van der Waals surface area contributed by atoms with E-state index in [1.165, 1.54) is 15.8 Å². The average Bonchev–Trinajstić information content (AvgIpc) is 3.40. The van der Waals surface area contributed by atoms with E-state index in [1.54, 1.807) is 20.8 Å². The van der Waals surface area contributed by atoms with Gasteiger partial charge in [0.2, 0.25) is 11.8 Å². The number of rotatable bonds is 3. The van der Waals surface area contributed by atoms with E-state index in [0.717, 1.165) is 19.3 Å². The molecule has 14 heteroatoms. The molecule has 2 aliphatic heterocycles. The molecule has 0 bridgehead atoms. The second-order valence-corrected chi connectivity index (χ2v) is 13.4. The Bertz CT molecular complexity index is 1310. The summed E-state index contributed by atoms with van der Waals surface area (Å²) in [4.78, 5) is 67.0. The number of hydrogen-bond donors (Lipinski definition) is 3. The quantitative estimate of drug-likeness (QED) is 0.405. The second kappa shape index (κ2) is 12.2. The Morgan fingerprint density at radius 3 is 2.61 bits per heavy atom. The summed E-state index contributed by atoms with van der Waals surface area (Å²) in [6, 6.07) is -2.73. The maximum atomic E-state index is 14.0. The summed E-state index contributed by atoms with van der Waals surface area (Å²) < 4.78 is 7.31. The van der Waals surface area contributed by atoms with Gasteiger partial charge in [-0.1, -0.05) is 25.0 Å². The van der Waals surface area contributed by atoms with Crippen molar-refractivity contribution >= 4 is 55.7 Å². The lowest BCUT2D eigenvalue weighted by Crippen LogP contribution is -2.56. The third-order valence-electron chi connectivity index (χ3n) is 7.58. The third kappa shape index (κ3) is 7.02. The molecule has 0 unspecified atom stereocenters. The van der Waals surface area contributed by atoms with Crippen molar-refractivity contribution < 1.29 is 29.0 Å². The molecule has 3 aliphatic rings. The third-order valence-corrected chi connectivity index (χ3v) is 9.47. The van der Waals surface area contributed by atoms with Crippen molar-refractivity contribution in [3.8, 4) is 0 Å². The smallest absolute Gasteiger partial charge is 0.408 e. The predicted octanol–water partition coefficient (Wildman–Crippen LogP) is 3.28. The molecule has 224 valence electrons. The van der Waals surface area contributed by atoms with Crippen LogP contribution in [0.5, 0.6) is 0 Å². The molecule has 1 aliphatic carbocycles. The summed E-state index contributed by atoms with van der Waals surface area (Å²) in [6.45, 7) is 5.12. The Kier molecular flexibility index (Phi) is 9.32. The van der Waals surface area contributed by atoms with Crippen LogP contribution in [0.1, 0.15) is 71.8 Å². The van der Waals surface area contributed by atoms with Crippen LogP contribution in [-0.4, -0.2) is 73.4 Å². The Hall–Kier alpha value is -2.74. The van der Waals surface area contributed by atoms with Gasteiger partial charge in [-0.3, -0.25) is 14.4 Å². The number of aliphatic carboxylic acids is 1. The van der Waals surface area contributed by atoms with Crippen LogP contribution in [0.3, 0.4) is 0 Å². The lowest BCUT2D eigenvalue weighted by atomic mass is 10.0. The van der Waals surface area contributed by atoms with Crippen LogP contribution in [0.4, 0.5) is 4.79 Å². The number of ether oxygens (including phenoxy) is 1. The van der Waals surface area contributed by atoms with Crippen molar-refractivity contribution in [2.45, 2.75) is 95.0 Å². The van der Waals surface area contributed by atoms with Crippen LogP contribution < -0.4 is 16.2 Å². The van der Waals surface area contributed by atoms with Crippen LogP contribution >= 0.6 is 31.9 Å². The number of aromatic nitrogens is 2.